The van der Waals surface area contributed by atoms with E-state index in [4.69, 9.17) is 18.9 Å². The van der Waals surface area contributed by atoms with E-state index in [2.05, 4.69) is 101 Å². The number of aryl methyl sites for hydroxylation is 1. The van der Waals surface area contributed by atoms with Gasteiger partial charge in [-0.25, -0.2) is 0 Å². The summed E-state index contributed by atoms with van der Waals surface area (Å²) in [4.78, 5) is 0. The molecular weight excluding hydrogens is 813 g/mol. The molecular formula is C47H72Br2MgO4. The van der Waals surface area contributed by atoms with E-state index in [1.54, 1.807) is 28.4 Å². The number of allylic oxidation sites excluding steroid dienone is 6. The molecule has 0 spiro atoms. The van der Waals surface area contributed by atoms with Crippen LogP contribution in [0.3, 0.4) is 0 Å². The maximum absolute atomic E-state index is 5.81. The van der Waals surface area contributed by atoms with Gasteiger partial charge in [0.25, 0.3) is 0 Å². The first-order valence-corrected chi connectivity index (χ1v) is 20.2. The topological polar surface area (TPSA) is 36.9 Å². The number of unbranched alkanes of at least 4 members (excludes halogenated alkanes) is 4. The van der Waals surface area contributed by atoms with Crippen LogP contribution in [0.5, 0.6) is 23.0 Å². The smallest absolute Gasteiger partial charge is 1.00 e. The van der Waals surface area contributed by atoms with Gasteiger partial charge in [0.15, 0.2) is 0 Å². The molecule has 0 N–H and O–H groups in total. The maximum atomic E-state index is 5.81. The fourth-order valence-electron chi connectivity index (χ4n) is 7.34. The van der Waals surface area contributed by atoms with Crippen molar-refractivity contribution in [2.24, 2.45) is 11.8 Å². The van der Waals surface area contributed by atoms with Crippen LogP contribution in [0.25, 0.3) is 0 Å². The van der Waals surface area contributed by atoms with Crippen LogP contribution in [0.2, 0.25) is 0 Å². The first-order valence-electron chi connectivity index (χ1n) is 19.1. The van der Waals surface area contributed by atoms with Gasteiger partial charge in [-0.15, -0.1) is 12.1 Å². The molecule has 0 unspecified atom stereocenters. The Labute approximate surface area is 367 Å². The van der Waals surface area contributed by atoms with Crippen molar-refractivity contribution in [1.29, 1.82) is 0 Å². The molecule has 0 fully saturated rings. The zero-order valence-electron chi connectivity index (χ0n) is 34.8. The zero-order valence-corrected chi connectivity index (χ0v) is 39.4. The summed E-state index contributed by atoms with van der Waals surface area (Å²) in [6, 6.07) is 11.3. The number of hydrogen-bond acceptors (Lipinski definition) is 4. The van der Waals surface area contributed by atoms with Gasteiger partial charge in [0.1, 0.15) is 11.5 Å². The Kier molecular flexibility index (Phi) is 29.8. The Morgan fingerprint density at radius 1 is 0.704 bits per heavy atom. The molecule has 0 radical (unpaired) electrons. The van der Waals surface area contributed by atoms with Gasteiger partial charge in [0, 0.05) is 28.3 Å². The minimum absolute atomic E-state index is 0. The standard InChI is InChI=1S/C23H34O2.C18H23O2.C5H11Br.CH4.BrH.Mg/c1-7-8-9-10-18-14-21(24-5)23(22(15-18)25-6)20-13-17(4)11-12-19(20)16(2)3;1-12(2)14-10-9-13(3)11-15(14)18-16(19-4)7-6-8-17(18)20-5;1-2-3-4-5-6;;;/h13-15,19-20H,2,7-12H2,1,3-6H3;7-8,11,14-15H,1,9-10H2,2-5H3;2-5H2,1H3;1H4;1H;/q;-1;;;;+2/p-1/t19-,20+;14-,15+;;;;/m00..../s1. The van der Waals surface area contributed by atoms with E-state index >= 15 is 0 Å². The predicted octanol–water partition coefficient (Wildman–Crippen LogP) is 10.8. The van der Waals surface area contributed by atoms with Crippen LogP contribution >= 0.6 is 15.9 Å². The number of methoxy groups -OCH3 is 4. The molecule has 4 nitrogen and oxygen atoms in total. The van der Waals surface area contributed by atoms with Crippen LogP contribution in [0.15, 0.2) is 71.9 Å². The fraction of sp³-hybridized carbons (Fsp3) is 0.574. The van der Waals surface area contributed by atoms with Crippen molar-refractivity contribution in [2.45, 2.75) is 131 Å². The van der Waals surface area contributed by atoms with Gasteiger partial charge in [0.05, 0.1) is 28.4 Å². The zero-order chi connectivity index (χ0) is 37.9. The summed E-state index contributed by atoms with van der Waals surface area (Å²) in [7, 11) is 6.93. The molecule has 0 bridgehead atoms. The molecule has 2 aliphatic rings. The molecule has 54 heavy (non-hydrogen) atoms. The second-order valence-corrected chi connectivity index (χ2v) is 15.1. The summed E-state index contributed by atoms with van der Waals surface area (Å²) < 4.78 is 22.7. The predicted molar refractivity (Wildman–Crippen MR) is 235 cm³/mol. The van der Waals surface area contributed by atoms with Crippen molar-refractivity contribution >= 4 is 39.0 Å². The Morgan fingerprint density at radius 3 is 1.43 bits per heavy atom. The molecule has 0 aliphatic heterocycles. The van der Waals surface area contributed by atoms with Gasteiger partial charge < -0.3 is 35.9 Å². The van der Waals surface area contributed by atoms with Gasteiger partial charge in [-0.3, -0.25) is 0 Å². The van der Waals surface area contributed by atoms with E-state index < -0.39 is 0 Å². The Hall–Kier alpha value is -1.67. The van der Waals surface area contributed by atoms with Crippen LogP contribution in [-0.2, 0) is 6.42 Å². The normalized spacial score (nSPS) is 18.5. The first kappa shape index (κ1) is 54.4. The molecule has 0 amide bonds. The molecule has 4 rings (SSSR count). The second kappa shape index (κ2) is 29.6. The Balaban J connectivity index is 0. The largest absolute Gasteiger partial charge is 2.00 e. The summed E-state index contributed by atoms with van der Waals surface area (Å²) in [5.41, 5.74) is 8.91. The van der Waals surface area contributed by atoms with Crippen LogP contribution in [0.4, 0.5) is 0 Å². The van der Waals surface area contributed by atoms with Gasteiger partial charge >= 0.3 is 23.1 Å². The van der Waals surface area contributed by atoms with E-state index in [9.17, 15) is 0 Å². The molecule has 0 heterocycles. The number of rotatable bonds is 15. The van der Waals surface area contributed by atoms with Crippen molar-refractivity contribution in [3.05, 3.63) is 94.6 Å². The van der Waals surface area contributed by atoms with E-state index in [-0.39, 0.29) is 59.3 Å². The third kappa shape index (κ3) is 16.4. The minimum Gasteiger partial charge on any atom is -1.00 e. The molecule has 0 aromatic heterocycles. The first-order chi connectivity index (χ1) is 24.5. The summed E-state index contributed by atoms with van der Waals surface area (Å²) in [6.07, 6.45) is 18.1. The molecule has 2 aliphatic carbocycles. The summed E-state index contributed by atoms with van der Waals surface area (Å²) in [5, 5.41) is 1.17. The quantitative estimate of drug-likeness (QED) is 0.0587. The molecule has 4 atom stereocenters. The molecule has 300 valence electrons. The van der Waals surface area contributed by atoms with Crippen molar-refractivity contribution in [1.82, 2.24) is 0 Å². The van der Waals surface area contributed by atoms with Gasteiger partial charge in [-0.05, 0) is 108 Å². The average molecular weight is 885 g/mol. The molecule has 0 saturated heterocycles. The third-order valence-corrected chi connectivity index (χ3v) is 10.8. The number of ether oxygens (including phenoxy) is 4. The van der Waals surface area contributed by atoms with Crippen LogP contribution in [0.1, 0.15) is 142 Å². The number of hydrogen-bond donors (Lipinski definition) is 0. The van der Waals surface area contributed by atoms with Crippen LogP contribution < -0.4 is 35.9 Å². The van der Waals surface area contributed by atoms with E-state index in [1.807, 2.05) is 12.1 Å². The minimum atomic E-state index is 0. The van der Waals surface area contributed by atoms with Gasteiger partial charge in [-0.2, -0.15) is 6.07 Å². The molecule has 0 saturated carbocycles. The van der Waals surface area contributed by atoms with Crippen molar-refractivity contribution in [3.8, 4) is 23.0 Å². The number of halogens is 2. The maximum Gasteiger partial charge on any atom is 2.00 e. The molecule has 2 aromatic rings. The third-order valence-electron chi connectivity index (χ3n) is 10.2. The van der Waals surface area contributed by atoms with Crippen molar-refractivity contribution in [3.63, 3.8) is 0 Å². The summed E-state index contributed by atoms with van der Waals surface area (Å²) in [5.74, 6) is 5.00. The van der Waals surface area contributed by atoms with E-state index in [0.717, 1.165) is 60.7 Å². The SMILES string of the molecule is C.C=C(C)[C@@H]1CCC(C)=C[C@H]1c1c(OC)c[c-]cc1OC.C=C(C)[C@@H]1CCC(C)=C[C@H]1c1c(OC)cc(CCCCC)cc1OC.CCCCCBr.[Br-].[Mg+2]. The number of benzene rings is 2. The van der Waals surface area contributed by atoms with Gasteiger partial charge in [0.2, 0.25) is 0 Å². The summed E-state index contributed by atoms with van der Waals surface area (Å²) in [6.45, 7) is 21.5. The fourth-order valence-corrected chi connectivity index (χ4v) is 7.73. The monoisotopic (exact) mass is 882 g/mol. The Morgan fingerprint density at radius 2 is 1.09 bits per heavy atom. The van der Waals surface area contributed by atoms with Crippen molar-refractivity contribution < 1.29 is 35.9 Å². The van der Waals surface area contributed by atoms with E-state index in [1.165, 1.54) is 77.3 Å². The average Bonchev–Trinajstić information content (AvgIpc) is 3.13. The second-order valence-electron chi connectivity index (χ2n) is 14.3. The van der Waals surface area contributed by atoms with Crippen LogP contribution in [0, 0.1) is 17.9 Å². The summed E-state index contributed by atoms with van der Waals surface area (Å²) >= 11 is 3.35. The number of alkyl halides is 1. The molecule has 7 heteroatoms. The van der Waals surface area contributed by atoms with Crippen molar-refractivity contribution in [2.75, 3.05) is 33.8 Å². The Bertz CT molecular complexity index is 1400. The molecule has 2 aromatic carbocycles. The van der Waals surface area contributed by atoms with Gasteiger partial charge in [-0.1, -0.05) is 116 Å². The van der Waals surface area contributed by atoms with Crippen LogP contribution in [-0.4, -0.2) is 56.8 Å². The van der Waals surface area contributed by atoms with E-state index in [0.29, 0.717) is 11.8 Å².